The lowest BCUT2D eigenvalue weighted by atomic mass is 10.2. The Labute approximate surface area is 76.6 Å². The number of hydrogen-bond donors (Lipinski definition) is 1. The maximum atomic E-state index is 11.2. The third kappa shape index (κ3) is 1.35. The summed E-state index contributed by atoms with van der Waals surface area (Å²) in [5.74, 6) is 0.854. The number of anilines is 2. The van der Waals surface area contributed by atoms with Gasteiger partial charge >= 0.3 is 0 Å². The predicted molar refractivity (Wildman–Crippen MR) is 50.9 cm³/mol. The second-order valence-electron chi connectivity index (χ2n) is 3.29. The van der Waals surface area contributed by atoms with Crippen LogP contribution in [-0.2, 0) is 4.79 Å². The predicted octanol–water partition coefficient (Wildman–Crippen LogP) is 0.778. The molecule has 0 aliphatic carbocycles. The number of aryl methyl sites for hydroxylation is 1. The number of likely N-dealkylation sites (N-methyl/N-ethyl adjacent to an activating group) is 1. The summed E-state index contributed by atoms with van der Waals surface area (Å²) in [5.41, 5.74) is 1.85. The standard InChI is InChI=1S/C9H11N3O/c1-6-3-7-9(10-4-6)12(2)5-8(13)11-7/h3-4H,5H2,1-2H3,(H,11,13). The van der Waals surface area contributed by atoms with Crippen LogP contribution in [0.4, 0.5) is 11.5 Å². The minimum Gasteiger partial charge on any atom is -0.349 e. The van der Waals surface area contributed by atoms with E-state index in [1.807, 2.05) is 24.9 Å². The van der Waals surface area contributed by atoms with Gasteiger partial charge in [-0.25, -0.2) is 4.98 Å². The van der Waals surface area contributed by atoms with E-state index in [0.29, 0.717) is 6.54 Å². The number of aromatic nitrogens is 1. The second kappa shape index (κ2) is 2.73. The highest BCUT2D eigenvalue weighted by Crippen LogP contribution is 2.25. The molecule has 1 aliphatic heterocycles. The fourth-order valence-electron chi connectivity index (χ4n) is 1.44. The molecule has 0 saturated heterocycles. The van der Waals surface area contributed by atoms with Crippen molar-refractivity contribution in [2.75, 3.05) is 23.8 Å². The lowest BCUT2D eigenvalue weighted by Crippen LogP contribution is -2.36. The van der Waals surface area contributed by atoms with Gasteiger partial charge in [-0.15, -0.1) is 0 Å². The molecule has 68 valence electrons. The van der Waals surface area contributed by atoms with E-state index in [2.05, 4.69) is 10.3 Å². The summed E-state index contributed by atoms with van der Waals surface area (Å²) in [5, 5.41) is 2.79. The highest BCUT2D eigenvalue weighted by Gasteiger charge is 2.19. The first kappa shape index (κ1) is 8.04. The summed E-state index contributed by atoms with van der Waals surface area (Å²) in [7, 11) is 1.86. The fourth-order valence-corrected chi connectivity index (χ4v) is 1.44. The first-order valence-electron chi connectivity index (χ1n) is 4.14. The van der Waals surface area contributed by atoms with E-state index in [1.54, 1.807) is 6.20 Å². The average Bonchev–Trinajstić information content (AvgIpc) is 2.02. The molecule has 0 fully saturated rings. The Morgan fingerprint density at radius 2 is 2.38 bits per heavy atom. The summed E-state index contributed by atoms with van der Waals surface area (Å²) in [4.78, 5) is 17.3. The van der Waals surface area contributed by atoms with Crippen LogP contribution in [0.5, 0.6) is 0 Å². The van der Waals surface area contributed by atoms with Gasteiger partial charge in [-0.2, -0.15) is 0 Å². The molecule has 0 unspecified atom stereocenters. The number of hydrogen-bond acceptors (Lipinski definition) is 3. The molecular formula is C9H11N3O. The Balaban J connectivity index is 2.49. The van der Waals surface area contributed by atoms with E-state index in [-0.39, 0.29) is 5.91 Å². The quantitative estimate of drug-likeness (QED) is 0.637. The van der Waals surface area contributed by atoms with Crippen molar-refractivity contribution >= 4 is 17.4 Å². The molecule has 0 bridgehead atoms. The molecule has 13 heavy (non-hydrogen) atoms. The molecule has 1 amide bonds. The monoisotopic (exact) mass is 177 g/mol. The highest BCUT2D eigenvalue weighted by atomic mass is 16.2. The Hall–Kier alpha value is -1.58. The number of pyridine rings is 1. The number of amides is 1. The van der Waals surface area contributed by atoms with Gasteiger partial charge in [0.1, 0.15) is 0 Å². The maximum Gasteiger partial charge on any atom is 0.244 e. The van der Waals surface area contributed by atoms with E-state index in [9.17, 15) is 4.79 Å². The summed E-state index contributed by atoms with van der Waals surface area (Å²) in [6.07, 6.45) is 1.80. The fraction of sp³-hybridized carbons (Fsp3) is 0.333. The Morgan fingerprint density at radius 1 is 1.62 bits per heavy atom. The zero-order valence-corrected chi connectivity index (χ0v) is 7.66. The Bertz CT molecular complexity index is 362. The lowest BCUT2D eigenvalue weighted by molar-refractivity contribution is -0.115. The van der Waals surface area contributed by atoms with Gasteiger partial charge in [0.25, 0.3) is 0 Å². The van der Waals surface area contributed by atoms with Crippen LogP contribution < -0.4 is 10.2 Å². The number of fused-ring (bicyclic) bond motifs is 1. The Morgan fingerprint density at radius 3 is 3.15 bits per heavy atom. The molecule has 1 aromatic rings. The molecule has 4 heteroatoms. The number of carbonyl (C=O) groups excluding carboxylic acids is 1. The molecule has 1 aliphatic rings. The molecule has 2 rings (SSSR count). The van der Waals surface area contributed by atoms with Crippen molar-refractivity contribution in [2.45, 2.75) is 6.92 Å². The summed E-state index contributed by atoms with van der Waals surface area (Å²) in [6, 6.07) is 1.93. The SMILES string of the molecule is Cc1cnc2c(c1)NC(=O)CN2C. The normalized spacial score (nSPS) is 15.2. The molecule has 0 aromatic carbocycles. The molecular weight excluding hydrogens is 166 g/mol. The minimum absolute atomic E-state index is 0.0161. The summed E-state index contributed by atoms with van der Waals surface area (Å²) < 4.78 is 0. The van der Waals surface area contributed by atoms with Crippen LogP contribution in [-0.4, -0.2) is 24.5 Å². The van der Waals surface area contributed by atoms with E-state index in [1.165, 1.54) is 0 Å². The molecule has 2 heterocycles. The lowest BCUT2D eigenvalue weighted by Gasteiger charge is -2.25. The van der Waals surface area contributed by atoms with Gasteiger partial charge in [0.15, 0.2) is 5.82 Å². The zero-order valence-electron chi connectivity index (χ0n) is 7.66. The van der Waals surface area contributed by atoms with Crippen molar-refractivity contribution in [1.82, 2.24) is 4.98 Å². The summed E-state index contributed by atoms with van der Waals surface area (Å²) >= 11 is 0. The van der Waals surface area contributed by atoms with E-state index < -0.39 is 0 Å². The van der Waals surface area contributed by atoms with Gasteiger partial charge in [-0.1, -0.05) is 0 Å². The van der Waals surface area contributed by atoms with Crippen molar-refractivity contribution in [3.63, 3.8) is 0 Å². The number of nitrogens with zero attached hydrogens (tertiary/aromatic N) is 2. The molecule has 0 saturated carbocycles. The number of carbonyl (C=O) groups is 1. The Kier molecular flexibility index (Phi) is 1.69. The van der Waals surface area contributed by atoms with Crippen molar-refractivity contribution in [3.8, 4) is 0 Å². The van der Waals surface area contributed by atoms with Gasteiger partial charge in [0.05, 0.1) is 12.2 Å². The maximum absolute atomic E-state index is 11.2. The van der Waals surface area contributed by atoms with Crippen LogP contribution in [0.3, 0.4) is 0 Å². The third-order valence-electron chi connectivity index (χ3n) is 2.02. The topological polar surface area (TPSA) is 45.2 Å². The molecule has 1 aromatic heterocycles. The van der Waals surface area contributed by atoms with Crippen LogP contribution in [0.15, 0.2) is 12.3 Å². The van der Waals surface area contributed by atoms with Crippen LogP contribution in [0.2, 0.25) is 0 Å². The molecule has 0 radical (unpaired) electrons. The molecule has 0 spiro atoms. The van der Waals surface area contributed by atoms with Gasteiger partial charge in [-0.05, 0) is 18.6 Å². The van der Waals surface area contributed by atoms with Crippen molar-refractivity contribution in [2.24, 2.45) is 0 Å². The van der Waals surface area contributed by atoms with Gasteiger partial charge in [0, 0.05) is 13.2 Å². The third-order valence-corrected chi connectivity index (χ3v) is 2.02. The zero-order chi connectivity index (χ0) is 9.42. The largest absolute Gasteiger partial charge is 0.349 e. The van der Waals surface area contributed by atoms with Crippen LogP contribution >= 0.6 is 0 Å². The average molecular weight is 177 g/mol. The summed E-state index contributed by atoms with van der Waals surface area (Å²) in [6.45, 7) is 2.33. The van der Waals surface area contributed by atoms with Crippen LogP contribution in [0.1, 0.15) is 5.56 Å². The smallest absolute Gasteiger partial charge is 0.244 e. The number of nitrogens with one attached hydrogen (secondary N) is 1. The molecule has 0 atom stereocenters. The highest BCUT2D eigenvalue weighted by molar-refractivity contribution is 6.00. The first-order chi connectivity index (χ1) is 6.16. The van der Waals surface area contributed by atoms with Crippen molar-refractivity contribution in [3.05, 3.63) is 17.8 Å². The van der Waals surface area contributed by atoms with Gasteiger partial charge in [0.2, 0.25) is 5.91 Å². The van der Waals surface area contributed by atoms with Crippen LogP contribution in [0.25, 0.3) is 0 Å². The van der Waals surface area contributed by atoms with Gasteiger partial charge < -0.3 is 10.2 Å². The van der Waals surface area contributed by atoms with E-state index >= 15 is 0 Å². The van der Waals surface area contributed by atoms with Crippen LogP contribution in [0, 0.1) is 6.92 Å². The molecule has 1 N–H and O–H groups in total. The van der Waals surface area contributed by atoms with E-state index in [4.69, 9.17) is 0 Å². The first-order valence-corrected chi connectivity index (χ1v) is 4.14. The van der Waals surface area contributed by atoms with E-state index in [0.717, 1.165) is 17.1 Å². The minimum atomic E-state index is 0.0161. The molecule has 4 nitrogen and oxygen atoms in total. The number of rotatable bonds is 0. The van der Waals surface area contributed by atoms with Crippen molar-refractivity contribution < 1.29 is 4.79 Å². The van der Waals surface area contributed by atoms with Gasteiger partial charge in [-0.3, -0.25) is 4.79 Å². The second-order valence-corrected chi connectivity index (χ2v) is 3.29. The van der Waals surface area contributed by atoms with Crippen molar-refractivity contribution in [1.29, 1.82) is 0 Å².